The maximum absolute atomic E-state index is 10.5. The molecule has 0 aliphatic carbocycles. The minimum atomic E-state index is -0.452. The van der Waals surface area contributed by atoms with Crippen molar-refractivity contribution < 1.29 is 26.8 Å². The number of nitrogens with two attached hydrogens (primary N) is 1. The fourth-order valence-electron chi connectivity index (χ4n) is 1.59. The number of nitro groups is 1. The van der Waals surface area contributed by atoms with Gasteiger partial charge in [0.2, 0.25) is 0 Å². The highest BCUT2D eigenvalue weighted by Crippen LogP contribution is 2.17. The second-order valence-electron chi connectivity index (χ2n) is 4.02. The van der Waals surface area contributed by atoms with Gasteiger partial charge in [0, 0.05) is 23.9 Å². The Labute approximate surface area is 128 Å². The molecule has 0 radical (unpaired) electrons. The van der Waals surface area contributed by atoms with Crippen molar-refractivity contribution in [1.29, 1.82) is 0 Å². The van der Waals surface area contributed by atoms with E-state index in [-0.39, 0.29) is 18.1 Å². The van der Waals surface area contributed by atoms with Crippen LogP contribution in [0.5, 0.6) is 11.5 Å². The quantitative estimate of drug-likeness (QED) is 0.341. The van der Waals surface area contributed by atoms with E-state index < -0.39 is 4.92 Å². The Morgan fingerprint density at radius 3 is 2.19 bits per heavy atom. The van der Waals surface area contributed by atoms with Gasteiger partial charge in [-0.15, -0.1) is 0 Å². The zero-order valence-electron chi connectivity index (χ0n) is 11.1. The molecule has 0 aliphatic heterocycles. The Hall–Kier alpha value is -2.47. The second kappa shape index (κ2) is 7.96. The lowest BCUT2D eigenvalue weighted by molar-refractivity contribution is -0.384. The zero-order valence-corrected chi connectivity index (χ0v) is 11.8. The molecule has 0 saturated carbocycles. The topological polar surface area (TPSA) is 87.6 Å². The van der Waals surface area contributed by atoms with Crippen LogP contribution in [0.4, 0.5) is 11.4 Å². The van der Waals surface area contributed by atoms with E-state index >= 15 is 0 Å². The first-order valence-electron chi connectivity index (χ1n) is 6.01. The molecule has 2 N–H and O–H groups in total. The molecular formula is C14H14ClN2O4-. The Morgan fingerprint density at radius 2 is 1.62 bits per heavy atom. The summed E-state index contributed by atoms with van der Waals surface area (Å²) in [4.78, 5) is 10.0. The van der Waals surface area contributed by atoms with E-state index in [9.17, 15) is 10.1 Å². The number of benzene rings is 2. The Morgan fingerprint density at radius 1 is 1.00 bits per heavy atom. The molecular weight excluding hydrogens is 296 g/mol. The van der Waals surface area contributed by atoms with Crippen molar-refractivity contribution >= 4 is 11.4 Å². The minimum absolute atomic E-state index is 0. The monoisotopic (exact) mass is 309 g/mol. The SMILES string of the molecule is Nc1cccc(OCCOc2ccc([N+](=O)[O-])cc2)c1.[Cl-]. The van der Waals surface area contributed by atoms with Gasteiger partial charge >= 0.3 is 0 Å². The van der Waals surface area contributed by atoms with Crippen molar-refractivity contribution in [3.8, 4) is 11.5 Å². The summed E-state index contributed by atoms with van der Waals surface area (Å²) in [6, 6.07) is 13.0. The first-order valence-corrected chi connectivity index (χ1v) is 6.01. The van der Waals surface area contributed by atoms with Crippen LogP contribution in [0, 0.1) is 10.1 Å². The van der Waals surface area contributed by atoms with E-state index in [4.69, 9.17) is 15.2 Å². The van der Waals surface area contributed by atoms with Gasteiger partial charge in [0.05, 0.1) is 4.92 Å². The summed E-state index contributed by atoms with van der Waals surface area (Å²) >= 11 is 0. The van der Waals surface area contributed by atoms with Crippen molar-refractivity contribution in [2.45, 2.75) is 0 Å². The highest BCUT2D eigenvalue weighted by molar-refractivity contribution is 5.43. The molecule has 2 aromatic rings. The zero-order chi connectivity index (χ0) is 14.4. The van der Waals surface area contributed by atoms with Crippen LogP contribution in [0.1, 0.15) is 0 Å². The minimum Gasteiger partial charge on any atom is -1.00 e. The van der Waals surface area contributed by atoms with Crippen LogP contribution in [0.25, 0.3) is 0 Å². The van der Waals surface area contributed by atoms with Crippen LogP contribution >= 0.6 is 0 Å². The lowest BCUT2D eigenvalue weighted by Crippen LogP contribution is -3.00. The summed E-state index contributed by atoms with van der Waals surface area (Å²) < 4.78 is 10.9. The summed E-state index contributed by atoms with van der Waals surface area (Å²) in [5.41, 5.74) is 6.30. The predicted molar refractivity (Wildman–Crippen MR) is 74.9 cm³/mol. The van der Waals surface area contributed by atoms with Crippen molar-refractivity contribution in [1.82, 2.24) is 0 Å². The molecule has 0 saturated heterocycles. The number of ether oxygens (including phenoxy) is 2. The van der Waals surface area contributed by atoms with Crippen LogP contribution in [0.15, 0.2) is 48.5 Å². The lowest BCUT2D eigenvalue weighted by Gasteiger charge is -2.08. The van der Waals surface area contributed by atoms with Crippen LogP contribution in [0.2, 0.25) is 0 Å². The largest absolute Gasteiger partial charge is 1.00 e. The molecule has 0 aromatic heterocycles. The Balaban J connectivity index is 0.00000220. The maximum atomic E-state index is 10.5. The molecule has 0 heterocycles. The number of nitro benzene ring substituents is 1. The number of rotatable bonds is 6. The van der Waals surface area contributed by atoms with E-state index in [0.717, 1.165) is 0 Å². The predicted octanol–water partition coefficient (Wildman–Crippen LogP) is -0.361. The smallest absolute Gasteiger partial charge is 0.269 e. The average Bonchev–Trinajstić information content (AvgIpc) is 2.44. The van der Waals surface area contributed by atoms with Gasteiger partial charge in [-0.1, -0.05) is 6.07 Å². The standard InChI is InChI=1S/C14H14N2O4.ClH/c15-11-2-1-3-14(10-11)20-9-8-19-13-6-4-12(5-7-13)16(17)18;/h1-7,10H,8-9,15H2;1H/p-1. The highest BCUT2D eigenvalue weighted by Gasteiger charge is 2.04. The number of anilines is 1. The summed E-state index contributed by atoms with van der Waals surface area (Å²) in [6.45, 7) is 0.701. The summed E-state index contributed by atoms with van der Waals surface area (Å²) in [7, 11) is 0. The molecule has 7 heteroatoms. The Kier molecular flexibility index (Phi) is 6.29. The van der Waals surface area contributed by atoms with E-state index in [1.165, 1.54) is 12.1 Å². The molecule has 6 nitrogen and oxygen atoms in total. The average molecular weight is 310 g/mol. The third-order valence-corrected chi connectivity index (χ3v) is 2.53. The molecule has 21 heavy (non-hydrogen) atoms. The highest BCUT2D eigenvalue weighted by atomic mass is 35.5. The van der Waals surface area contributed by atoms with Gasteiger partial charge < -0.3 is 27.6 Å². The number of non-ortho nitro benzene ring substituents is 1. The van der Waals surface area contributed by atoms with E-state index in [1.54, 1.807) is 24.3 Å². The number of nitrogen functional groups attached to an aromatic ring is 1. The van der Waals surface area contributed by atoms with Gasteiger partial charge in [-0.2, -0.15) is 0 Å². The van der Waals surface area contributed by atoms with E-state index in [2.05, 4.69) is 0 Å². The van der Waals surface area contributed by atoms with Crippen LogP contribution in [0.3, 0.4) is 0 Å². The van der Waals surface area contributed by atoms with Gasteiger partial charge in [0.15, 0.2) is 0 Å². The number of nitrogens with zero attached hydrogens (tertiary/aromatic N) is 1. The number of hydrogen-bond donors (Lipinski definition) is 1. The molecule has 2 aromatic carbocycles. The first kappa shape index (κ1) is 16.6. The molecule has 0 atom stereocenters. The summed E-state index contributed by atoms with van der Waals surface area (Å²) in [5.74, 6) is 1.24. The van der Waals surface area contributed by atoms with Gasteiger partial charge in [-0.25, -0.2) is 0 Å². The number of hydrogen-bond acceptors (Lipinski definition) is 5. The van der Waals surface area contributed by atoms with E-state index in [1.807, 2.05) is 12.1 Å². The fourth-order valence-corrected chi connectivity index (χ4v) is 1.59. The summed E-state index contributed by atoms with van der Waals surface area (Å²) in [5, 5.41) is 10.5. The van der Waals surface area contributed by atoms with Gasteiger partial charge in [-0.3, -0.25) is 10.1 Å². The summed E-state index contributed by atoms with van der Waals surface area (Å²) in [6.07, 6.45) is 0. The molecule has 0 unspecified atom stereocenters. The van der Waals surface area contributed by atoms with Crippen LogP contribution in [-0.2, 0) is 0 Å². The third kappa shape index (κ3) is 5.19. The molecule has 0 fully saturated rings. The van der Waals surface area contributed by atoms with E-state index in [0.29, 0.717) is 30.4 Å². The van der Waals surface area contributed by atoms with Crippen LogP contribution in [-0.4, -0.2) is 18.1 Å². The second-order valence-corrected chi connectivity index (χ2v) is 4.02. The molecule has 112 valence electrons. The molecule has 0 bridgehead atoms. The fraction of sp³-hybridized carbons (Fsp3) is 0.143. The molecule has 0 aliphatic rings. The van der Waals surface area contributed by atoms with Crippen molar-refractivity contribution in [3.63, 3.8) is 0 Å². The van der Waals surface area contributed by atoms with Gasteiger partial charge in [-0.05, 0) is 24.3 Å². The van der Waals surface area contributed by atoms with Crippen LogP contribution < -0.4 is 27.6 Å². The van der Waals surface area contributed by atoms with Crippen molar-refractivity contribution in [2.24, 2.45) is 0 Å². The van der Waals surface area contributed by atoms with Crippen molar-refractivity contribution in [2.75, 3.05) is 18.9 Å². The van der Waals surface area contributed by atoms with Gasteiger partial charge in [0.1, 0.15) is 24.7 Å². The lowest BCUT2D eigenvalue weighted by atomic mass is 10.3. The molecule has 0 amide bonds. The van der Waals surface area contributed by atoms with Gasteiger partial charge in [0.25, 0.3) is 5.69 Å². The normalized spacial score (nSPS) is 9.52. The molecule has 2 rings (SSSR count). The molecule has 0 spiro atoms. The Bertz CT molecular complexity index is 590. The third-order valence-electron chi connectivity index (χ3n) is 2.53. The first-order chi connectivity index (χ1) is 9.65. The maximum Gasteiger partial charge on any atom is 0.269 e. The van der Waals surface area contributed by atoms with Crippen molar-refractivity contribution in [3.05, 3.63) is 58.6 Å². The number of halogens is 1.